The van der Waals surface area contributed by atoms with E-state index in [1.807, 2.05) is 19.9 Å². The molecular weight excluding hydrogens is 220 g/mol. The Morgan fingerprint density at radius 2 is 2.06 bits per heavy atom. The van der Waals surface area contributed by atoms with Gasteiger partial charge in [0.2, 0.25) is 5.95 Å². The molecule has 1 N–H and O–H groups in total. The van der Waals surface area contributed by atoms with Gasteiger partial charge in [-0.25, -0.2) is 9.97 Å². The SMILES string of the molecule is Cc1cc(C)nc(N2CC3CNC(C2)S3)n1. The summed E-state index contributed by atoms with van der Waals surface area (Å²) in [6, 6.07) is 2.02. The molecule has 2 unspecified atom stereocenters. The Hall–Kier alpha value is -0.810. The number of aromatic nitrogens is 2. The second-order valence-corrected chi connectivity index (χ2v) is 6.02. The van der Waals surface area contributed by atoms with Crippen LogP contribution >= 0.6 is 11.8 Å². The Morgan fingerprint density at radius 3 is 2.75 bits per heavy atom. The third-order valence-corrected chi connectivity index (χ3v) is 4.34. The maximum atomic E-state index is 4.53. The van der Waals surface area contributed by atoms with E-state index < -0.39 is 0 Å². The highest BCUT2D eigenvalue weighted by atomic mass is 32.2. The molecule has 1 aromatic rings. The molecule has 2 bridgehead atoms. The molecule has 0 amide bonds. The molecule has 0 aromatic carbocycles. The van der Waals surface area contributed by atoms with Crippen molar-refractivity contribution in [2.24, 2.45) is 0 Å². The van der Waals surface area contributed by atoms with E-state index in [1.54, 1.807) is 0 Å². The molecule has 16 heavy (non-hydrogen) atoms. The van der Waals surface area contributed by atoms with Crippen LogP contribution in [-0.2, 0) is 0 Å². The minimum atomic E-state index is 0.558. The first-order valence-electron chi connectivity index (χ1n) is 5.67. The van der Waals surface area contributed by atoms with Crippen molar-refractivity contribution in [3.05, 3.63) is 17.5 Å². The van der Waals surface area contributed by atoms with Crippen molar-refractivity contribution in [2.45, 2.75) is 24.5 Å². The van der Waals surface area contributed by atoms with Crippen LogP contribution in [0.3, 0.4) is 0 Å². The first-order chi connectivity index (χ1) is 7.70. The molecular formula is C11H16N4S. The summed E-state index contributed by atoms with van der Waals surface area (Å²) in [5.74, 6) is 0.900. The van der Waals surface area contributed by atoms with Crippen molar-refractivity contribution in [3.63, 3.8) is 0 Å². The Morgan fingerprint density at radius 1 is 1.31 bits per heavy atom. The molecule has 0 aliphatic carbocycles. The van der Waals surface area contributed by atoms with Crippen molar-refractivity contribution >= 4 is 17.7 Å². The molecule has 2 atom stereocenters. The standard InChI is InChI=1S/C11H16N4S/c1-7-3-8(2)14-11(13-7)15-5-9-4-12-10(6-15)16-9/h3,9-10,12H,4-6H2,1-2H3. The predicted molar refractivity (Wildman–Crippen MR) is 66.9 cm³/mol. The van der Waals surface area contributed by atoms with Crippen molar-refractivity contribution < 1.29 is 0 Å². The van der Waals surface area contributed by atoms with Crippen LogP contribution in [0.2, 0.25) is 0 Å². The van der Waals surface area contributed by atoms with E-state index in [1.165, 1.54) is 0 Å². The van der Waals surface area contributed by atoms with Gasteiger partial charge in [-0.1, -0.05) is 0 Å². The van der Waals surface area contributed by atoms with Gasteiger partial charge in [0, 0.05) is 36.3 Å². The summed E-state index contributed by atoms with van der Waals surface area (Å²) in [6.07, 6.45) is 0. The number of fused-ring (bicyclic) bond motifs is 2. The monoisotopic (exact) mass is 236 g/mol. The van der Waals surface area contributed by atoms with E-state index >= 15 is 0 Å². The third-order valence-electron chi connectivity index (χ3n) is 2.99. The third kappa shape index (κ3) is 1.89. The lowest BCUT2D eigenvalue weighted by Gasteiger charge is -2.30. The number of hydrogen-bond acceptors (Lipinski definition) is 5. The Kier molecular flexibility index (Phi) is 2.52. The molecule has 86 valence electrons. The van der Waals surface area contributed by atoms with E-state index in [4.69, 9.17) is 0 Å². The lowest BCUT2D eigenvalue weighted by Crippen LogP contribution is -2.40. The number of rotatable bonds is 1. The Balaban J connectivity index is 1.86. The molecule has 2 saturated heterocycles. The summed E-state index contributed by atoms with van der Waals surface area (Å²) in [5.41, 5.74) is 2.11. The second kappa shape index (κ2) is 3.89. The molecule has 0 saturated carbocycles. The van der Waals surface area contributed by atoms with Crippen LogP contribution in [0.5, 0.6) is 0 Å². The van der Waals surface area contributed by atoms with E-state index in [9.17, 15) is 0 Å². The molecule has 2 fully saturated rings. The summed E-state index contributed by atoms with van der Waals surface area (Å²) in [5, 5.41) is 4.77. The van der Waals surface area contributed by atoms with Gasteiger partial charge in [-0.3, -0.25) is 0 Å². The van der Waals surface area contributed by atoms with Crippen LogP contribution in [-0.4, -0.2) is 40.2 Å². The highest BCUT2D eigenvalue weighted by Gasteiger charge is 2.34. The molecule has 1 aromatic heterocycles. The molecule has 0 radical (unpaired) electrons. The van der Waals surface area contributed by atoms with Crippen LogP contribution in [0.4, 0.5) is 5.95 Å². The Labute approximate surface area is 99.8 Å². The molecule has 4 nitrogen and oxygen atoms in total. The molecule has 3 rings (SSSR count). The van der Waals surface area contributed by atoms with Crippen LogP contribution < -0.4 is 10.2 Å². The zero-order chi connectivity index (χ0) is 11.1. The normalized spacial score (nSPS) is 28.5. The number of nitrogens with one attached hydrogen (secondary N) is 1. The van der Waals surface area contributed by atoms with Crippen LogP contribution in [0.1, 0.15) is 11.4 Å². The van der Waals surface area contributed by atoms with E-state index in [2.05, 4.69) is 31.9 Å². The van der Waals surface area contributed by atoms with E-state index in [0.717, 1.165) is 37.0 Å². The fourth-order valence-corrected chi connectivity index (χ4v) is 3.72. The van der Waals surface area contributed by atoms with Gasteiger partial charge >= 0.3 is 0 Å². The molecule has 2 aliphatic heterocycles. The maximum Gasteiger partial charge on any atom is 0.225 e. The highest BCUT2D eigenvalue weighted by Crippen LogP contribution is 2.30. The summed E-state index contributed by atoms with van der Waals surface area (Å²) < 4.78 is 0. The van der Waals surface area contributed by atoms with Gasteiger partial charge < -0.3 is 10.2 Å². The van der Waals surface area contributed by atoms with Crippen molar-refractivity contribution in [2.75, 3.05) is 24.5 Å². The molecule has 3 heterocycles. The number of anilines is 1. The smallest absolute Gasteiger partial charge is 0.225 e. The van der Waals surface area contributed by atoms with Crippen molar-refractivity contribution in [3.8, 4) is 0 Å². The summed E-state index contributed by atoms with van der Waals surface area (Å²) >= 11 is 2.05. The second-order valence-electron chi connectivity index (χ2n) is 4.51. The lowest BCUT2D eigenvalue weighted by molar-refractivity contribution is 0.711. The number of hydrogen-bond donors (Lipinski definition) is 1. The fourth-order valence-electron chi connectivity index (χ4n) is 2.34. The van der Waals surface area contributed by atoms with E-state index in [0.29, 0.717) is 10.6 Å². The lowest BCUT2D eigenvalue weighted by atomic mass is 10.3. The first kappa shape index (κ1) is 10.4. The van der Waals surface area contributed by atoms with Gasteiger partial charge in [-0.05, 0) is 19.9 Å². The molecule has 0 spiro atoms. The zero-order valence-corrected chi connectivity index (χ0v) is 10.4. The van der Waals surface area contributed by atoms with Crippen LogP contribution in [0.15, 0.2) is 6.07 Å². The maximum absolute atomic E-state index is 4.53. The zero-order valence-electron chi connectivity index (χ0n) is 9.60. The average Bonchev–Trinajstić information content (AvgIpc) is 2.56. The van der Waals surface area contributed by atoms with Gasteiger partial charge in [0.05, 0.1) is 5.37 Å². The summed E-state index contributed by atoms with van der Waals surface area (Å²) in [7, 11) is 0. The highest BCUT2D eigenvalue weighted by molar-refractivity contribution is 8.00. The van der Waals surface area contributed by atoms with Gasteiger partial charge in [0.1, 0.15) is 0 Å². The number of nitrogens with zero attached hydrogens (tertiary/aromatic N) is 3. The Bertz CT molecular complexity index is 377. The largest absolute Gasteiger partial charge is 0.337 e. The van der Waals surface area contributed by atoms with Crippen molar-refractivity contribution in [1.29, 1.82) is 0 Å². The summed E-state index contributed by atoms with van der Waals surface area (Å²) in [4.78, 5) is 11.4. The van der Waals surface area contributed by atoms with Crippen LogP contribution in [0, 0.1) is 13.8 Å². The van der Waals surface area contributed by atoms with Crippen LogP contribution in [0.25, 0.3) is 0 Å². The van der Waals surface area contributed by atoms with Crippen molar-refractivity contribution in [1.82, 2.24) is 15.3 Å². The van der Waals surface area contributed by atoms with Gasteiger partial charge in [-0.2, -0.15) is 0 Å². The molecule has 2 aliphatic rings. The summed E-state index contributed by atoms with van der Waals surface area (Å²) in [6.45, 7) is 7.27. The van der Waals surface area contributed by atoms with E-state index in [-0.39, 0.29) is 0 Å². The number of thioether (sulfide) groups is 1. The van der Waals surface area contributed by atoms with Gasteiger partial charge in [0.25, 0.3) is 0 Å². The predicted octanol–water partition coefficient (Wildman–Crippen LogP) is 0.945. The van der Waals surface area contributed by atoms with Gasteiger partial charge in [-0.15, -0.1) is 11.8 Å². The minimum absolute atomic E-state index is 0.558. The quantitative estimate of drug-likeness (QED) is 0.786. The van der Waals surface area contributed by atoms with Gasteiger partial charge in [0.15, 0.2) is 0 Å². The molecule has 5 heteroatoms. The average molecular weight is 236 g/mol. The fraction of sp³-hybridized carbons (Fsp3) is 0.636. The minimum Gasteiger partial charge on any atom is -0.337 e. The first-order valence-corrected chi connectivity index (χ1v) is 6.61. The number of aryl methyl sites for hydroxylation is 2. The topological polar surface area (TPSA) is 41.1 Å².